The minimum atomic E-state index is -1.13. The lowest BCUT2D eigenvalue weighted by molar-refractivity contribution is 0.0690. The fourth-order valence-corrected chi connectivity index (χ4v) is 3.18. The predicted octanol–water partition coefficient (Wildman–Crippen LogP) is 3.78. The van der Waals surface area contributed by atoms with Gasteiger partial charge in [-0.25, -0.2) is 9.78 Å². The quantitative estimate of drug-likeness (QED) is 0.748. The van der Waals surface area contributed by atoms with Gasteiger partial charge in [0.25, 0.3) is 0 Å². The fourth-order valence-electron chi connectivity index (χ4n) is 2.67. The van der Waals surface area contributed by atoms with Crippen LogP contribution in [0.15, 0.2) is 30.5 Å². The molecule has 122 valence electrons. The molecule has 0 radical (unpaired) electrons. The predicted molar refractivity (Wildman–Crippen MR) is 88.6 cm³/mol. The Morgan fingerprint density at radius 1 is 1.17 bits per heavy atom. The second-order valence-corrected chi connectivity index (χ2v) is 6.02. The number of nitrogens with zero attached hydrogens (tertiary/aromatic N) is 2. The number of fused-ring (bicyclic) bond motifs is 2. The molecule has 0 unspecified atom stereocenters. The number of aromatic nitrogens is 2. The molecule has 0 saturated heterocycles. The molecule has 1 aliphatic heterocycles. The molecule has 6 nitrogen and oxygen atoms in total. The smallest absolute Gasteiger partial charge is 0.355 e. The Bertz CT molecular complexity index is 984. The number of ether oxygens (including phenoxy) is 2. The van der Waals surface area contributed by atoms with E-state index in [9.17, 15) is 9.90 Å². The first-order valence-electron chi connectivity index (χ1n) is 7.05. The molecule has 0 spiro atoms. The number of pyridine rings is 1. The highest BCUT2D eigenvalue weighted by Gasteiger charge is 2.23. The van der Waals surface area contributed by atoms with Crippen LogP contribution < -0.4 is 9.47 Å². The SMILES string of the molecule is O=C(O)c1c(-c2ccc3c(c2)OCCO3)nc2c(Cl)cc(Cl)cn12. The van der Waals surface area contributed by atoms with Gasteiger partial charge in [0, 0.05) is 11.8 Å². The summed E-state index contributed by atoms with van der Waals surface area (Å²) in [6.45, 7) is 0.921. The number of hydrogen-bond donors (Lipinski definition) is 1. The summed E-state index contributed by atoms with van der Waals surface area (Å²) in [5.74, 6) is 0.0358. The summed E-state index contributed by atoms with van der Waals surface area (Å²) in [5, 5.41) is 10.2. The second kappa shape index (κ2) is 5.58. The molecule has 1 aliphatic rings. The molecule has 1 aromatic carbocycles. The Morgan fingerprint density at radius 2 is 1.92 bits per heavy atom. The third kappa shape index (κ3) is 2.35. The van der Waals surface area contributed by atoms with Crippen LogP contribution in [0, 0.1) is 0 Å². The van der Waals surface area contributed by atoms with Gasteiger partial charge >= 0.3 is 5.97 Å². The Labute approximate surface area is 146 Å². The van der Waals surface area contributed by atoms with Crippen molar-refractivity contribution in [3.63, 3.8) is 0 Å². The number of carbonyl (C=O) groups is 1. The van der Waals surface area contributed by atoms with E-state index in [1.54, 1.807) is 18.2 Å². The van der Waals surface area contributed by atoms with Gasteiger partial charge in [0.2, 0.25) is 0 Å². The van der Waals surface area contributed by atoms with Gasteiger partial charge < -0.3 is 14.6 Å². The maximum Gasteiger partial charge on any atom is 0.355 e. The third-order valence-corrected chi connectivity index (χ3v) is 4.14. The van der Waals surface area contributed by atoms with Crippen molar-refractivity contribution in [2.75, 3.05) is 13.2 Å². The lowest BCUT2D eigenvalue weighted by Crippen LogP contribution is -2.15. The zero-order chi connectivity index (χ0) is 16.8. The van der Waals surface area contributed by atoms with Crippen LogP contribution in [0.3, 0.4) is 0 Å². The number of hydrogen-bond acceptors (Lipinski definition) is 4. The summed E-state index contributed by atoms with van der Waals surface area (Å²) in [7, 11) is 0. The van der Waals surface area contributed by atoms with Crippen molar-refractivity contribution in [1.29, 1.82) is 0 Å². The Kier molecular flexibility index (Phi) is 3.51. The Balaban J connectivity index is 1.98. The molecule has 0 atom stereocenters. The molecule has 0 fully saturated rings. The highest BCUT2D eigenvalue weighted by molar-refractivity contribution is 6.36. The normalized spacial score (nSPS) is 13.2. The van der Waals surface area contributed by atoms with E-state index in [0.29, 0.717) is 40.9 Å². The number of imidazole rings is 1. The highest BCUT2D eigenvalue weighted by atomic mass is 35.5. The molecule has 3 heterocycles. The number of carboxylic acid groups (broad SMARTS) is 1. The average Bonchev–Trinajstić information content (AvgIpc) is 2.94. The number of halogens is 2. The molecule has 0 aliphatic carbocycles. The van der Waals surface area contributed by atoms with Gasteiger partial charge in [-0.2, -0.15) is 0 Å². The van der Waals surface area contributed by atoms with E-state index in [-0.39, 0.29) is 16.4 Å². The number of benzene rings is 1. The van der Waals surface area contributed by atoms with E-state index in [1.807, 2.05) is 0 Å². The van der Waals surface area contributed by atoms with Crippen LogP contribution in [0.1, 0.15) is 10.5 Å². The largest absolute Gasteiger partial charge is 0.486 e. The molecular weight excluding hydrogens is 355 g/mol. The van der Waals surface area contributed by atoms with Crippen molar-refractivity contribution in [2.24, 2.45) is 0 Å². The molecule has 0 bridgehead atoms. The third-order valence-electron chi connectivity index (χ3n) is 3.66. The van der Waals surface area contributed by atoms with Gasteiger partial charge in [0.1, 0.15) is 18.9 Å². The molecule has 2 aromatic heterocycles. The van der Waals surface area contributed by atoms with Crippen molar-refractivity contribution < 1.29 is 19.4 Å². The fraction of sp³-hybridized carbons (Fsp3) is 0.125. The van der Waals surface area contributed by atoms with Crippen molar-refractivity contribution in [3.8, 4) is 22.8 Å². The minimum absolute atomic E-state index is 0.0222. The molecule has 8 heteroatoms. The highest BCUT2D eigenvalue weighted by Crippen LogP contribution is 2.36. The minimum Gasteiger partial charge on any atom is -0.486 e. The molecule has 0 amide bonds. The van der Waals surface area contributed by atoms with Crippen LogP contribution in [0.5, 0.6) is 11.5 Å². The summed E-state index contributed by atoms with van der Waals surface area (Å²) in [4.78, 5) is 16.2. The molecule has 3 aromatic rings. The zero-order valence-corrected chi connectivity index (χ0v) is 13.6. The molecule has 0 saturated carbocycles. The summed E-state index contributed by atoms with van der Waals surface area (Å²) >= 11 is 12.1. The van der Waals surface area contributed by atoms with Gasteiger partial charge in [0.15, 0.2) is 22.8 Å². The van der Waals surface area contributed by atoms with Gasteiger partial charge in [-0.05, 0) is 24.3 Å². The van der Waals surface area contributed by atoms with Crippen molar-refractivity contribution >= 4 is 34.8 Å². The van der Waals surface area contributed by atoms with Crippen LogP contribution >= 0.6 is 23.2 Å². The molecule has 1 N–H and O–H groups in total. The topological polar surface area (TPSA) is 73.1 Å². The lowest BCUT2D eigenvalue weighted by Gasteiger charge is -2.18. The molecule has 24 heavy (non-hydrogen) atoms. The number of aromatic carboxylic acids is 1. The van der Waals surface area contributed by atoms with E-state index in [4.69, 9.17) is 32.7 Å². The van der Waals surface area contributed by atoms with Gasteiger partial charge in [0.05, 0.1) is 10.0 Å². The van der Waals surface area contributed by atoms with Crippen LogP contribution in [-0.2, 0) is 0 Å². The summed E-state index contributed by atoms with van der Waals surface area (Å²) in [5.41, 5.74) is 1.17. The van der Waals surface area contributed by atoms with E-state index < -0.39 is 5.97 Å². The first-order valence-corrected chi connectivity index (χ1v) is 7.80. The summed E-state index contributed by atoms with van der Waals surface area (Å²) in [6.07, 6.45) is 1.47. The van der Waals surface area contributed by atoms with Crippen LogP contribution in [0.4, 0.5) is 0 Å². The van der Waals surface area contributed by atoms with Crippen molar-refractivity contribution in [1.82, 2.24) is 9.38 Å². The summed E-state index contributed by atoms with van der Waals surface area (Å²) in [6, 6.07) is 6.69. The van der Waals surface area contributed by atoms with Gasteiger partial charge in [-0.15, -0.1) is 0 Å². The molecular formula is C16H10Cl2N2O4. The average molecular weight is 365 g/mol. The van der Waals surface area contributed by atoms with E-state index in [2.05, 4.69) is 4.98 Å². The van der Waals surface area contributed by atoms with Crippen LogP contribution in [0.2, 0.25) is 10.0 Å². The Hall–Kier alpha value is -2.44. The maximum atomic E-state index is 11.8. The monoisotopic (exact) mass is 364 g/mol. The maximum absolute atomic E-state index is 11.8. The van der Waals surface area contributed by atoms with E-state index >= 15 is 0 Å². The second-order valence-electron chi connectivity index (χ2n) is 5.17. The van der Waals surface area contributed by atoms with Crippen LogP contribution in [0.25, 0.3) is 16.9 Å². The van der Waals surface area contributed by atoms with E-state index in [0.717, 1.165) is 0 Å². The first kappa shape index (κ1) is 15.1. The summed E-state index contributed by atoms with van der Waals surface area (Å²) < 4.78 is 12.4. The van der Waals surface area contributed by atoms with Gasteiger partial charge in [-0.1, -0.05) is 23.2 Å². The molecule has 4 rings (SSSR count). The number of carboxylic acids is 1. The first-order chi connectivity index (χ1) is 11.5. The van der Waals surface area contributed by atoms with Crippen molar-refractivity contribution in [3.05, 3.63) is 46.2 Å². The van der Waals surface area contributed by atoms with E-state index in [1.165, 1.54) is 16.7 Å². The van der Waals surface area contributed by atoms with Gasteiger partial charge in [-0.3, -0.25) is 4.40 Å². The standard InChI is InChI=1S/C16H10Cl2N2O4/c17-9-6-10(18)15-19-13(14(16(21)22)20(15)7-9)8-1-2-11-12(5-8)24-4-3-23-11/h1-2,5-7H,3-4H2,(H,21,22). The number of rotatable bonds is 2. The van der Waals surface area contributed by atoms with Crippen LogP contribution in [-0.4, -0.2) is 33.7 Å². The van der Waals surface area contributed by atoms with Crippen molar-refractivity contribution in [2.45, 2.75) is 0 Å². The zero-order valence-electron chi connectivity index (χ0n) is 12.1. The Morgan fingerprint density at radius 3 is 2.67 bits per heavy atom. The lowest BCUT2D eigenvalue weighted by atomic mass is 10.1.